The van der Waals surface area contributed by atoms with Crippen molar-refractivity contribution < 1.29 is 4.74 Å². The standard InChI is InChI=1S/C18H23NOS/c1-20-18-5-3-2-4-16(18)11-15(12-19-17-6-7-17)10-14-8-9-21-13-14/h2-5,8-9,13,15,17,19H,6-7,10-12H2,1H3. The van der Waals surface area contributed by atoms with Gasteiger partial charge in [-0.05, 0) is 72.2 Å². The normalized spacial score (nSPS) is 15.9. The Balaban J connectivity index is 1.67. The van der Waals surface area contributed by atoms with Crippen LogP contribution in [0.5, 0.6) is 5.75 Å². The van der Waals surface area contributed by atoms with Gasteiger partial charge in [-0.3, -0.25) is 0 Å². The Kier molecular flexibility index (Phi) is 4.94. The molecule has 3 heteroatoms. The zero-order valence-electron chi connectivity index (χ0n) is 12.5. The number of nitrogens with one attached hydrogen (secondary N) is 1. The molecule has 3 rings (SSSR count). The molecule has 1 saturated carbocycles. The van der Waals surface area contributed by atoms with Crippen molar-refractivity contribution in [2.45, 2.75) is 31.7 Å². The summed E-state index contributed by atoms with van der Waals surface area (Å²) in [5.41, 5.74) is 2.77. The molecule has 21 heavy (non-hydrogen) atoms. The number of para-hydroxylation sites is 1. The SMILES string of the molecule is COc1ccccc1CC(CNC1CC1)Cc1ccsc1. The molecule has 2 aromatic rings. The number of methoxy groups -OCH3 is 1. The second-order valence-electron chi connectivity index (χ2n) is 5.90. The highest BCUT2D eigenvalue weighted by Crippen LogP contribution is 2.25. The molecule has 1 aromatic carbocycles. The molecular weight excluding hydrogens is 278 g/mol. The molecule has 1 atom stereocenters. The summed E-state index contributed by atoms with van der Waals surface area (Å²) in [6.07, 6.45) is 4.90. The highest BCUT2D eigenvalue weighted by molar-refractivity contribution is 7.07. The van der Waals surface area contributed by atoms with Crippen LogP contribution in [0.3, 0.4) is 0 Å². The van der Waals surface area contributed by atoms with Gasteiger partial charge >= 0.3 is 0 Å². The average Bonchev–Trinajstić information content (AvgIpc) is 3.21. The van der Waals surface area contributed by atoms with Gasteiger partial charge in [0.05, 0.1) is 7.11 Å². The Hall–Kier alpha value is -1.32. The van der Waals surface area contributed by atoms with Gasteiger partial charge in [-0.1, -0.05) is 18.2 Å². The van der Waals surface area contributed by atoms with Gasteiger partial charge in [0.15, 0.2) is 0 Å². The minimum Gasteiger partial charge on any atom is -0.496 e. The molecule has 1 aromatic heterocycles. The lowest BCUT2D eigenvalue weighted by Crippen LogP contribution is -2.27. The quantitative estimate of drug-likeness (QED) is 0.798. The van der Waals surface area contributed by atoms with Gasteiger partial charge in [0.1, 0.15) is 5.75 Å². The molecule has 1 aliphatic rings. The maximum atomic E-state index is 5.50. The maximum absolute atomic E-state index is 5.50. The number of rotatable bonds is 8. The summed E-state index contributed by atoms with van der Waals surface area (Å²) in [4.78, 5) is 0. The fourth-order valence-corrected chi connectivity index (χ4v) is 3.44. The van der Waals surface area contributed by atoms with Gasteiger partial charge in [-0.2, -0.15) is 11.3 Å². The van der Waals surface area contributed by atoms with Gasteiger partial charge in [-0.25, -0.2) is 0 Å². The monoisotopic (exact) mass is 301 g/mol. The average molecular weight is 301 g/mol. The Morgan fingerprint density at radius 1 is 1.24 bits per heavy atom. The van der Waals surface area contributed by atoms with E-state index >= 15 is 0 Å². The van der Waals surface area contributed by atoms with Crippen molar-refractivity contribution >= 4 is 11.3 Å². The summed E-state index contributed by atoms with van der Waals surface area (Å²) in [6, 6.07) is 11.4. The highest BCUT2D eigenvalue weighted by Gasteiger charge is 2.22. The highest BCUT2D eigenvalue weighted by atomic mass is 32.1. The van der Waals surface area contributed by atoms with Crippen LogP contribution in [0.1, 0.15) is 24.0 Å². The van der Waals surface area contributed by atoms with E-state index in [0.29, 0.717) is 5.92 Å². The lowest BCUT2D eigenvalue weighted by molar-refractivity contribution is 0.400. The van der Waals surface area contributed by atoms with Crippen LogP contribution in [0.4, 0.5) is 0 Å². The molecule has 1 fully saturated rings. The predicted octanol–water partition coefficient (Wildman–Crippen LogP) is 3.91. The third-order valence-electron chi connectivity index (χ3n) is 4.08. The van der Waals surface area contributed by atoms with Crippen molar-refractivity contribution in [3.05, 3.63) is 52.2 Å². The van der Waals surface area contributed by atoms with Crippen molar-refractivity contribution in [2.75, 3.05) is 13.7 Å². The first-order valence-electron chi connectivity index (χ1n) is 7.71. The van der Waals surface area contributed by atoms with Crippen molar-refractivity contribution in [3.8, 4) is 5.75 Å². The first-order chi connectivity index (χ1) is 10.3. The Morgan fingerprint density at radius 2 is 2.10 bits per heavy atom. The van der Waals surface area contributed by atoms with Crippen molar-refractivity contribution in [2.24, 2.45) is 5.92 Å². The van der Waals surface area contributed by atoms with Crippen molar-refractivity contribution in [1.29, 1.82) is 0 Å². The van der Waals surface area contributed by atoms with Gasteiger partial charge in [0.2, 0.25) is 0 Å². The van der Waals surface area contributed by atoms with Gasteiger partial charge in [0, 0.05) is 6.04 Å². The van der Waals surface area contributed by atoms with Crippen molar-refractivity contribution in [3.63, 3.8) is 0 Å². The smallest absolute Gasteiger partial charge is 0.122 e. The minimum absolute atomic E-state index is 0.622. The fraction of sp³-hybridized carbons (Fsp3) is 0.444. The number of hydrogen-bond acceptors (Lipinski definition) is 3. The number of thiophene rings is 1. The third-order valence-corrected chi connectivity index (χ3v) is 4.81. The molecule has 0 aliphatic heterocycles. The van der Waals surface area contributed by atoms with E-state index in [-0.39, 0.29) is 0 Å². The molecule has 2 nitrogen and oxygen atoms in total. The molecule has 112 valence electrons. The van der Waals surface area contributed by atoms with Crippen LogP contribution >= 0.6 is 11.3 Å². The summed E-state index contributed by atoms with van der Waals surface area (Å²) >= 11 is 1.79. The van der Waals surface area contributed by atoms with Crippen LogP contribution in [-0.2, 0) is 12.8 Å². The van der Waals surface area contributed by atoms with Crippen LogP contribution < -0.4 is 10.1 Å². The second kappa shape index (κ2) is 7.10. The number of ether oxygens (including phenoxy) is 1. The molecule has 1 unspecified atom stereocenters. The zero-order valence-corrected chi connectivity index (χ0v) is 13.4. The van der Waals surface area contributed by atoms with E-state index in [1.54, 1.807) is 18.4 Å². The topological polar surface area (TPSA) is 21.3 Å². The molecule has 1 N–H and O–H groups in total. The molecule has 1 heterocycles. The van der Waals surface area contributed by atoms with E-state index in [4.69, 9.17) is 4.74 Å². The van der Waals surface area contributed by atoms with Gasteiger partial charge < -0.3 is 10.1 Å². The summed E-state index contributed by atoms with van der Waals surface area (Å²) in [5, 5.41) is 8.13. The van der Waals surface area contributed by atoms with Crippen LogP contribution in [0.2, 0.25) is 0 Å². The van der Waals surface area contributed by atoms with E-state index < -0.39 is 0 Å². The van der Waals surface area contributed by atoms with Crippen LogP contribution in [-0.4, -0.2) is 19.7 Å². The van der Waals surface area contributed by atoms with Crippen LogP contribution in [0.25, 0.3) is 0 Å². The van der Waals surface area contributed by atoms with Crippen molar-refractivity contribution in [1.82, 2.24) is 5.32 Å². The summed E-state index contributed by atoms with van der Waals surface area (Å²) in [7, 11) is 1.76. The van der Waals surface area contributed by atoms with E-state index in [1.165, 1.54) is 24.0 Å². The molecule has 0 saturated heterocycles. The van der Waals surface area contributed by atoms with E-state index in [0.717, 1.165) is 31.2 Å². The molecular formula is C18H23NOS. The van der Waals surface area contributed by atoms with Crippen LogP contribution in [0, 0.1) is 5.92 Å². The summed E-state index contributed by atoms with van der Waals surface area (Å²) in [5.74, 6) is 1.63. The zero-order chi connectivity index (χ0) is 14.5. The largest absolute Gasteiger partial charge is 0.496 e. The maximum Gasteiger partial charge on any atom is 0.122 e. The predicted molar refractivity (Wildman–Crippen MR) is 89.2 cm³/mol. The van der Waals surface area contributed by atoms with Gasteiger partial charge in [-0.15, -0.1) is 0 Å². The number of benzene rings is 1. The summed E-state index contributed by atoms with van der Waals surface area (Å²) in [6.45, 7) is 1.10. The molecule has 0 radical (unpaired) electrons. The first-order valence-corrected chi connectivity index (χ1v) is 8.66. The molecule has 0 spiro atoms. The molecule has 0 amide bonds. The molecule has 0 bridgehead atoms. The number of hydrogen-bond donors (Lipinski definition) is 1. The lowest BCUT2D eigenvalue weighted by atomic mass is 9.93. The Bertz CT molecular complexity index is 548. The van der Waals surface area contributed by atoms with Gasteiger partial charge in [0.25, 0.3) is 0 Å². The van der Waals surface area contributed by atoms with E-state index in [9.17, 15) is 0 Å². The summed E-state index contributed by atoms with van der Waals surface area (Å²) < 4.78 is 5.50. The van der Waals surface area contributed by atoms with Crippen LogP contribution in [0.15, 0.2) is 41.1 Å². The second-order valence-corrected chi connectivity index (χ2v) is 6.68. The first kappa shape index (κ1) is 14.6. The van der Waals surface area contributed by atoms with E-state index in [1.807, 2.05) is 6.07 Å². The van der Waals surface area contributed by atoms with E-state index in [2.05, 4.69) is 40.3 Å². The third kappa shape index (κ3) is 4.32. The molecule has 1 aliphatic carbocycles. The fourth-order valence-electron chi connectivity index (χ4n) is 2.76. The lowest BCUT2D eigenvalue weighted by Gasteiger charge is -2.19. The minimum atomic E-state index is 0.622. The Labute approximate surface area is 131 Å². The Morgan fingerprint density at radius 3 is 2.81 bits per heavy atom.